The van der Waals surface area contributed by atoms with Crippen LogP contribution in [0.4, 0.5) is 0 Å². The summed E-state index contributed by atoms with van der Waals surface area (Å²) in [4.78, 5) is 11.6. The quantitative estimate of drug-likeness (QED) is 0.574. The lowest BCUT2D eigenvalue weighted by molar-refractivity contribution is -0.242. The number of fused-ring (bicyclic) bond motifs is 3. The van der Waals surface area contributed by atoms with Crippen molar-refractivity contribution in [1.29, 1.82) is 0 Å². The Balaban J connectivity index is 1.76. The summed E-state index contributed by atoms with van der Waals surface area (Å²) in [6.07, 6.45) is -2.22. The average Bonchev–Trinajstić information content (AvgIpc) is 2.89. The molecule has 0 aromatic carbocycles. The molecule has 0 aliphatic carbocycles. The van der Waals surface area contributed by atoms with Gasteiger partial charge in [0, 0.05) is 5.57 Å². The number of carbonyl (C=O) groups excluding carboxylic acids is 1. The molecule has 0 bridgehead atoms. The highest BCUT2D eigenvalue weighted by Crippen LogP contribution is 2.44. The summed E-state index contributed by atoms with van der Waals surface area (Å²) in [5.41, 5.74) is 0.334. The Bertz CT molecular complexity index is 513. The van der Waals surface area contributed by atoms with Gasteiger partial charge < -0.3 is 28.4 Å². The molecule has 130 valence electrons. The Morgan fingerprint density at radius 1 is 1.00 bits per heavy atom. The van der Waals surface area contributed by atoms with Crippen LogP contribution in [0, 0.1) is 0 Å². The maximum Gasteiger partial charge on any atom is 0.333 e. The minimum atomic E-state index is -0.765. The zero-order chi connectivity index (χ0) is 17.0. The zero-order valence-electron chi connectivity index (χ0n) is 14.2. The summed E-state index contributed by atoms with van der Waals surface area (Å²) in [7, 11) is 0. The molecule has 3 aliphatic heterocycles. The molecule has 1 unspecified atom stereocenters. The highest BCUT2D eigenvalue weighted by Gasteiger charge is 2.60. The van der Waals surface area contributed by atoms with Crippen LogP contribution < -0.4 is 0 Å². The summed E-state index contributed by atoms with van der Waals surface area (Å²) in [5, 5.41) is 0. The van der Waals surface area contributed by atoms with Crippen LogP contribution in [0.15, 0.2) is 12.2 Å². The second kappa shape index (κ2) is 5.53. The lowest BCUT2D eigenvalue weighted by Gasteiger charge is -2.36. The lowest BCUT2D eigenvalue weighted by Crippen LogP contribution is -2.56. The summed E-state index contributed by atoms with van der Waals surface area (Å²) >= 11 is 0. The number of hydrogen-bond donors (Lipinski definition) is 0. The monoisotopic (exact) mass is 328 g/mol. The van der Waals surface area contributed by atoms with E-state index in [1.165, 1.54) is 0 Å². The largest absolute Gasteiger partial charge is 0.459 e. The first-order chi connectivity index (χ1) is 10.6. The summed E-state index contributed by atoms with van der Waals surface area (Å²) in [6, 6.07) is 0. The Kier molecular flexibility index (Phi) is 4.05. The Morgan fingerprint density at radius 3 is 2.22 bits per heavy atom. The fourth-order valence-electron chi connectivity index (χ4n) is 3.11. The van der Waals surface area contributed by atoms with Gasteiger partial charge >= 0.3 is 5.97 Å². The van der Waals surface area contributed by atoms with E-state index < -0.39 is 36.0 Å². The molecule has 3 aliphatic rings. The Hall–Kier alpha value is -0.990. The van der Waals surface area contributed by atoms with Gasteiger partial charge in [-0.2, -0.15) is 0 Å². The van der Waals surface area contributed by atoms with Crippen molar-refractivity contribution in [3.8, 4) is 0 Å². The van der Waals surface area contributed by atoms with Crippen LogP contribution in [0.5, 0.6) is 0 Å². The fourth-order valence-corrected chi connectivity index (χ4v) is 3.11. The van der Waals surface area contributed by atoms with E-state index in [-0.39, 0.29) is 18.8 Å². The number of hydrogen-bond acceptors (Lipinski definition) is 7. The molecular formula is C16H24O7. The normalized spacial score (nSPS) is 40.3. The maximum absolute atomic E-state index is 11.6. The SMILES string of the molecule is C=C(C)C(=O)OC[C@H]1OC2OC(C)(C)O[C@@H]2[C@H]2OC(C)(C)O[C@H]21. The molecule has 0 N–H and O–H groups in total. The van der Waals surface area contributed by atoms with Crippen molar-refractivity contribution in [2.24, 2.45) is 0 Å². The van der Waals surface area contributed by atoms with Crippen molar-refractivity contribution < 1.29 is 33.2 Å². The zero-order valence-corrected chi connectivity index (χ0v) is 14.2. The number of esters is 1. The standard InChI is InChI=1S/C16H24O7/c1-8(2)13(17)18-7-9-10-11(21-15(3,4)20-10)12-14(19-9)23-16(5,6)22-12/h9-12,14H,1,7H2,2-6H3/t9-,10+,11+,12-,14?/m1/s1. The first-order valence-electron chi connectivity index (χ1n) is 7.77. The van der Waals surface area contributed by atoms with Gasteiger partial charge in [0.1, 0.15) is 31.0 Å². The van der Waals surface area contributed by atoms with Crippen molar-refractivity contribution in [3.05, 3.63) is 12.2 Å². The van der Waals surface area contributed by atoms with Gasteiger partial charge in [0.25, 0.3) is 0 Å². The van der Waals surface area contributed by atoms with Crippen molar-refractivity contribution in [1.82, 2.24) is 0 Å². The smallest absolute Gasteiger partial charge is 0.333 e. The average molecular weight is 328 g/mol. The third-order valence-corrected chi connectivity index (χ3v) is 3.98. The van der Waals surface area contributed by atoms with Crippen LogP contribution in [0.25, 0.3) is 0 Å². The van der Waals surface area contributed by atoms with Crippen molar-refractivity contribution in [2.45, 2.75) is 76.9 Å². The molecule has 3 heterocycles. The molecule has 0 radical (unpaired) electrons. The Labute approximate surface area is 135 Å². The molecule has 0 amide bonds. The maximum atomic E-state index is 11.6. The molecule has 7 nitrogen and oxygen atoms in total. The van der Waals surface area contributed by atoms with Crippen LogP contribution in [-0.4, -0.2) is 54.9 Å². The van der Waals surface area contributed by atoms with Gasteiger partial charge in [0.05, 0.1) is 0 Å². The van der Waals surface area contributed by atoms with Crippen LogP contribution in [-0.2, 0) is 33.2 Å². The molecule has 0 saturated carbocycles. The minimum absolute atomic E-state index is 0.0410. The third-order valence-electron chi connectivity index (χ3n) is 3.98. The fraction of sp³-hybridized carbons (Fsp3) is 0.812. The van der Waals surface area contributed by atoms with Gasteiger partial charge in [-0.25, -0.2) is 4.79 Å². The van der Waals surface area contributed by atoms with E-state index >= 15 is 0 Å². The molecular weight excluding hydrogens is 304 g/mol. The van der Waals surface area contributed by atoms with Crippen molar-refractivity contribution in [2.75, 3.05) is 6.61 Å². The molecule has 0 spiro atoms. The Morgan fingerprint density at radius 2 is 1.57 bits per heavy atom. The second-order valence-corrected chi connectivity index (χ2v) is 7.09. The lowest BCUT2D eigenvalue weighted by atomic mass is 9.99. The first-order valence-corrected chi connectivity index (χ1v) is 7.77. The topological polar surface area (TPSA) is 72.5 Å². The number of carbonyl (C=O) groups is 1. The predicted octanol–water partition coefficient (Wildman–Crippen LogP) is 1.50. The van der Waals surface area contributed by atoms with Crippen LogP contribution in [0.2, 0.25) is 0 Å². The van der Waals surface area contributed by atoms with E-state index in [1.807, 2.05) is 27.7 Å². The molecule has 5 atom stereocenters. The summed E-state index contributed by atoms with van der Waals surface area (Å²) in [6.45, 7) is 12.5. The first kappa shape index (κ1) is 16.9. The van der Waals surface area contributed by atoms with Gasteiger partial charge in [-0.3, -0.25) is 0 Å². The van der Waals surface area contributed by atoms with E-state index in [4.69, 9.17) is 28.4 Å². The predicted molar refractivity (Wildman–Crippen MR) is 78.3 cm³/mol. The third kappa shape index (κ3) is 3.29. The molecule has 3 saturated heterocycles. The van der Waals surface area contributed by atoms with Gasteiger partial charge in [0.2, 0.25) is 0 Å². The van der Waals surface area contributed by atoms with Crippen LogP contribution in [0.3, 0.4) is 0 Å². The second-order valence-electron chi connectivity index (χ2n) is 7.09. The molecule has 23 heavy (non-hydrogen) atoms. The van der Waals surface area contributed by atoms with E-state index in [9.17, 15) is 4.79 Å². The van der Waals surface area contributed by atoms with E-state index in [1.54, 1.807) is 6.92 Å². The molecule has 0 aromatic heterocycles. The molecule has 3 fully saturated rings. The van der Waals surface area contributed by atoms with E-state index in [0.717, 1.165) is 0 Å². The highest BCUT2D eigenvalue weighted by atomic mass is 16.9. The van der Waals surface area contributed by atoms with E-state index in [2.05, 4.69) is 6.58 Å². The minimum Gasteiger partial charge on any atom is -0.459 e. The van der Waals surface area contributed by atoms with Gasteiger partial charge in [-0.05, 0) is 34.6 Å². The number of ether oxygens (including phenoxy) is 6. The van der Waals surface area contributed by atoms with Gasteiger partial charge in [-0.15, -0.1) is 0 Å². The summed E-state index contributed by atoms with van der Waals surface area (Å²) < 4.78 is 34.7. The van der Waals surface area contributed by atoms with Crippen LogP contribution in [0.1, 0.15) is 34.6 Å². The molecule has 7 heteroatoms. The van der Waals surface area contributed by atoms with Gasteiger partial charge in [0.15, 0.2) is 17.9 Å². The number of rotatable bonds is 3. The molecule has 0 aromatic rings. The molecule has 3 rings (SSSR count). The van der Waals surface area contributed by atoms with E-state index in [0.29, 0.717) is 5.57 Å². The van der Waals surface area contributed by atoms with Crippen LogP contribution >= 0.6 is 0 Å². The highest BCUT2D eigenvalue weighted by molar-refractivity contribution is 5.86. The van der Waals surface area contributed by atoms with Crippen molar-refractivity contribution >= 4 is 5.97 Å². The summed E-state index contributed by atoms with van der Waals surface area (Å²) in [5.74, 6) is -1.99. The van der Waals surface area contributed by atoms with Crippen molar-refractivity contribution in [3.63, 3.8) is 0 Å². The van der Waals surface area contributed by atoms with Gasteiger partial charge in [-0.1, -0.05) is 6.58 Å².